The Labute approximate surface area is 133 Å². The molecule has 0 saturated carbocycles. The molecule has 0 fully saturated rings. The Morgan fingerprint density at radius 2 is 2.00 bits per heavy atom. The average Bonchev–Trinajstić information content (AvgIpc) is 2.44. The molecule has 2 nitrogen and oxygen atoms in total. The van der Waals surface area contributed by atoms with Gasteiger partial charge in [-0.3, -0.25) is 0 Å². The van der Waals surface area contributed by atoms with Crippen LogP contribution in [-0.4, -0.2) is 13.6 Å². The summed E-state index contributed by atoms with van der Waals surface area (Å²) in [6, 6.07) is 15.9. The summed E-state index contributed by atoms with van der Waals surface area (Å²) in [5.41, 5.74) is 2.22. The minimum atomic E-state index is -0.00504. The Hall–Kier alpha value is -0.870. The van der Waals surface area contributed by atoms with Crippen LogP contribution >= 0.6 is 27.5 Å². The fourth-order valence-corrected chi connectivity index (χ4v) is 2.76. The first-order valence-corrected chi connectivity index (χ1v) is 7.63. The zero-order valence-electron chi connectivity index (χ0n) is 11.3. The summed E-state index contributed by atoms with van der Waals surface area (Å²) in [4.78, 5) is 0. The Bertz CT molecular complexity index is 562. The Kier molecular flexibility index (Phi) is 6.05. The molecule has 1 N–H and O–H groups in total. The summed E-state index contributed by atoms with van der Waals surface area (Å²) in [5.74, 6) is 0. The molecule has 0 aliphatic heterocycles. The predicted molar refractivity (Wildman–Crippen MR) is 87.1 cm³/mol. The second-order valence-electron chi connectivity index (χ2n) is 4.51. The van der Waals surface area contributed by atoms with Crippen molar-refractivity contribution in [2.45, 2.75) is 12.7 Å². The van der Waals surface area contributed by atoms with E-state index in [-0.39, 0.29) is 6.10 Å². The van der Waals surface area contributed by atoms with Crippen LogP contribution in [0.5, 0.6) is 0 Å². The van der Waals surface area contributed by atoms with Crippen molar-refractivity contribution in [2.75, 3.05) is 13.6 Å². The lowest BCUT2D eigenvalue weighted by atomic mass is 10.1. The van der Waals surface area contributed by atoms with Gasteiger partial charge >= 0.3 is 0 Å². The van der Waals surface area contributed by atoms with Crippen LogP contribution in [-0.2, 0) is 11.3 Å². The van der Waals surface area contributed by atoms with Gasteiger partial charge in [0, 0.05) is 16.0 Å². The number of ether oxygens (including phenoxy) is 1. The van der Waals surface area contributed by atoms with Crippen molar-refractivity contribution in [2.24, 2.45) is 0 Å². The lowest BCUT2D eigenvalue weighted by Crippen LogP contribution is -2.20. The van der Waals surface area contributed by atoms with E-state index in [2.05, 4.69) is 27.3 Å². The summed E-state index contributed by atoms with van der Waals surface area (Å²) in [6.07, 6.45) is -0.00504. The van der Waals surface area contributed by atoms with Crippen LogP contribution in [0.1, 0.15) is 17.2 Å². The van der Waals surface area contributed by atoms with E-state index >= 15 is 0 Å². The molecule has 0 radical (unpaired) electrons. The molecule has 0 bridgehead atoms. The Morgan fingerprint density at radius 1 is 1.20 bits per heavy atom. The van der Waals surface area contributed by atoms with Gasteiger partial charge in [0.15, 0.2) is 0 Å². The number of hydrogen-bond donors (Lipinski definition) is 1. The monoisotopic (exact) mass is 353 g/mol. The van der Waals surface area contributed by atoms with Crippen molar-refractivity contribution in [1.82, 2.24) is 5.32 Å². The molecule has 20 heavy (non-hydrogen) atoms. The molecule has 106 valence electrons. The lowest BCUT2D eigenvalue weighted by molar-refractivity contribution is 0.0406. The van der Waals surface area contributed by atoms with Crippen molar-refractivity contribution < 1.29 is 4.74 Å². The average molecular weight is 355 g/mol. The number of benzene rings is 2. The molecular weight excluding hydrogens is 338 g/mol. The second-order valence-corrected chi connectivity index (χ2v) is 5.80. The maximum atomic E-state index is 6.04. The van der Waals surface area contributed by atoms with Crippen molar-refractivity contribution in [3.8, 4) is 0 Å². The molecule has 0 saturated heterocycles. The summed E-state index contributed by atoms with van der Waals surface area (Å²) in [7, 11) is 1.92. The molecule has 0 aliphatic rings. The predicted octanol–water partition coefficient (Wildman–Crippen LogP) is 4.58. The van der Waals surface area contributed by atoms with E-state index in [1.807, 2.05) is 49.5 Å². The van der Waals surface area contributed by atoms with Gasteiger partial charge in [0.1, 0.15) is 0 Å². The fourth-order valence-electron chi connectivity index (χ4n) is 2.00. The van der Waals surface area contributed by atoms with E-state index in [4.69, 9.17) is 16.3 Å². The van der Waals surface area contributed by atoms with Gasteiger partial charge in [-0.05, 0) is 36.4 Å². The Morgan fingerprint density at radius 3 is 2.70 bits per heavy atom. The van der Waals surface area contributed by atoms with Crippen LogP contribution in [0.25, 0.3) is 0 Å². The van der Waals surface area contributed by atoms with E-state index in [1.54, 1.807) is 0 Å². The highest BCUT2D eigenvalue weighted by Crippen LogP contribution is 2.26. The van der Waals surface area contributed by atoms with Gasteiger partial charge in [0.2, 0.25) is 0 Å². The third-order valence-corrected chi connectivity index (χ3v) is 3.94. The van der Waals surface area contributed by atoms with E-state index in [1.165, 1.54) is 0 Å². The third kappa shape index (κ3) is 4.32. The van der Waals surface area contributed by atoms with Gasteiger partial charge < -0.3 is 10.1 Å². The topological polar surface area (TPSA) is 21.3 Å². The van der Waals surface area contributed by atoms with E-state index in [0.29, 0.717) is 6.61 Å². The first kappa shape index (κ1) is 15.5. The molecule has 0 heterocycles. The summed E-state index contributed by atoms with van der Waals surface area (Å²) >= 11 is 9.56. The summed E-state index contributed by atoms with van der Waals surface area (Å²) in [6.45, 7) is 1.29. The molecule has 1 unspecified atom stereocenters. The van der Waals surface area contributed by atoms with Crippen LogP contribution in [0.4, 0.5) is 0 Å². The maximum Gasteiger partial charge on any atom is 0.0964 e. The van der Waals surface area contributed by atoms with Gasteiger partial charge in [0.05, 0.1) is 12.7 Å². The maximum absolute atomic E-state index is 6.04. The second kappa shape index (κ2) is 7.79. The number of rotatable bonds is 6. The summed E-state index contributed by atoms with van der Waals surface area (Å²) in [5, 5.41) is 3.90. The van der Waals surface area contributed by atoms with Gasteiger partial charge in [-0.1, -0.05) is 57.9 Å². The highest BCUT2D eigenvalue weighted by molar-refractivity contribution is 9.10. The van der Waals surface area contributed by atoms with Crippen molar-refractivity contribution in [3.63, 3.8) is 0 Å². The van der Waals surface area contributed by atoms with Crippen LogP contribution in [0.2, 0.25) is 5.02 Å². The molecule has 0 aliphatic carbocycles. The van der Waals surface area contributed by atoms with E-state index in [0.717, 1.165) is 27.2 Å². The zero-order chi connectivity index (χ0) is 14.4. The SMILES string of the molecule is CNCC(OCc1cccc(Cl)c1)c1ccccc1Br. The molecular formula is C16H17BrClNO. The first-order valence-electron chi connectivity index (χ1n) is 6.46. The smallest absolute Gasteiger partial charge is 0.0964 e. The molecule has 4 heteroatoms. The first-order chi connectivity index (χ1) is 9.70. The normalized spacial score (nSPS) is 12.3. The molecule has 2 rings (SSSR count). The van der Waals surface area contributed by atoms with Crippen LogP contribution in [0.15, 0.2) is 53.0 Å². The third-order valence-electron chi connectivity index (χ3n) is 2.98. The number of likely N-dealkylation sites (N-methyl/N-ethyl adjacent to an activating group) is 1. The molecule has 0 spiro atoms. The van der Waals surface area contributed by atoms with Gasteiger partial charge in [-0.25, -0.2) is 0 Å². The molecule has 0 amide bonds. The highest BCUT2D eigenvalue weighted by Gasteiger charge is 2.14. The number of hydrogen-bond acceptors (Lipinski definition) is 2. The van der Waals surface area contributed by atoms with Crippen molar-refractivity contribution in [3.05, 3.63) is 69.2 Å². The Balaban J connectivity index is 2.08. The fraction of sp³-hybridized carbons (Fsp3) is 0.250. The molecule has 2 aromatic rings. The molecule has 0 aromatic heterocycles. The standard InChI is InChI=1S/C16H17BrClNO/c1-19-10-16(14-7-2-3-8-15(14)17)20-11-12-5-4-6-13(18)9-12/h2-9,16,19H,10-11H2,1H3. The summed E-state index contributed by atoms with van der Waals surface area (Å²) < 4.78 is 7.10. The van der Waals surface area contributed by atoms with Gasteiger partial charge in [-0.15, -0.1) is 0 Å². The highest BCUT2D eigenvalue weighted by atomic mass is 79.9. The van der Waals surface area contributed by atoms with Crippen molar-refractivity contribution >= 4 is 27.5 Å². The van der Waals surface area contributed by atoms with Gasteiger partial charge in [0.25, 0.3) is 0 Å². The quantitative estimate of drug-likeness (QED) is 0.820. The largest absolute Gasteiger partial charge is 0.367 e. The number of nitrogens with one attached hydrogen (secondary N) is 1. The zero-order valence-corrected chi connectivity index (χ0v) is 13.6. The van der Waals surface area contributed by atoms with Crippen molar-refractivity contribution in [1.29, 1.82) is 0 Å². The van der Waals surface area contributed by atoms with Crippen LogP contribution in [0, 0.1) is 0 Å². The van der Waals surface area contributed by atoms with Crippen LogP contribution in [0.3, 0.4) is 0 Å². The van der Waals surface area contributed by atoms with Gasteiger partial charge in [-0.2, -0.15) is 0 Å². The van der Waals surface area contributed by atoms with E-state index in [9.17, 15) is 0 Å². The van der Waals surface area contributed by atoms with E-state index < -0.39 is 0 Å². The number of halogens is 2. The minimum absolute atomic E-state index is 0.00504. The minimum Gasteiger partial charge on any atom is -0.367 e. The molecule has 2 aromatic carbocycles. The lowest BCUT2D eigenvalue weighted by Gasteiger charge is -2.19. The molecule has 1 atom stereocenters. The van der Waals surface area contributed by atoms with Crippen LogP contribution < -0.4 is 5.32 Å².